The topological polar surface area (TPSA) is 114 Å². The summed E-state index contributed by atoms with van der Waals surface area (Å²) >= 11 is 1.43. The van der Waals surface area contributed by atoms with Crippen LogP contribution >= 0.6 is 11.3 Å². The number of anilines is 2. The molecule has 2 N–H and O–H groups in total. The zero-order valence-corrected chi connectivity index (χ0v) is 13.5. The standard InChI is InChI=1S/C12H14N4O4S2/c1-13-12-15-8(7-21-12)6-14-10-4-3-9(22(2,19)20)5-11(10)16(17)18/h3-5,7,14H,6H2,1-2H3,(H,13,15). The summed E-state index contributed by atoms with van der Waals surface area (Å²) in [7, 11) is -1.74. The smallest absolute Gasteiger partial charge is 0.293 e. The van der Waals surface area contributed by atoms with Crippen molar-refractivity contribution in [3.8, 4) is 0 Å². The number of hydrogen-bond donors (Lipinski definition) is 2. The van der Waals surface area contributed by atoms with E-state index in [1.54, 1.807) is 7.05 Å². The van der Waals surface area contributed by atoms with Crippen molar-refractivity contribution in [2.24, 2.45) is 0 Å². The van der Waals surface area contributed by atoms with Gasteiger partial charge in [0.2, 0.25) is 0 Å². The van der Waals surface area contributed by atoms with Crippen LogP contribution in [0, 0.1) is 10.1 Å². The first-order valence-corrected chi connectivity index (χ1v) is 8.93. The third-order valence-electron chi connectivity index (χ3n) is 2.82. The summed E-state index contributed by atoms with van der Waals surface area (Å²) in [4.78, 5) is 14.7. The molecule has 0 saturated heterocycles. The van der Waals surface area contributed by atoms with Gasteiger partial charge >= 0.3 is 0 Å². The number of nitro benzene ring substituents is 1. The second-order valence-corrected chi connectivity index (χ2v) is 7.33. The SMILES string of the molecule is CNc1nc(CNc2ccc(S(C)(=O)=O)cc2[N+](=O)[O-])cs1. The highest BCUT2D eigenvalue weighted by molar-refractivity contribution is 7.90. The number of sulfone groups is 1. The third kappa shape index (κ3) is 3.71. The van der Waals surface area contributed by atoms with Gasteiger partial charge in [0.1, 0.15) is 5.69 Å². The maximum atomic E-state index is 11.5. The lowest BCUT2D eigenvalue weighted by Gasteiger charge is -2.07. The summed E-state index contributed by atoms with van der Waals surface area (Å²) in [5.41, 5.74) is 0.694. The molecule has 118 valence electrons. The molecule has 0 fully saturated rings. The molecule has 2 aromatic rings. The molecule has 0 unspecified atom stereocenters. The molecule has 0 amide bonds. The van der Waals surface area contributed by atoms with Crippen LogP contribution in [0.1, 0.15) is 5.69 Å². The monoisotopic (exact) mass is 342 g/mol. The van der Waals surface area contributed by atoms with E-state index in [2.05, 4.69) is 15.6 Å². The van der Waals surface area contributed by atoms with E-state index < -0.39 is 14.8 Å². The Balaban J connectivity index is 2.25. The molecule has 1 heterocycles. The second-order valence-electron chi connectivity index (χ2n) is 4.46. The van der Waals surface area contributed by atoms with Gasteiger partial charge in [-0.2, -0.15) is 0 Å². The van der Waals surface area contributed by atoms with Crippen LogP contribution in [-0.2, 0) is 16.4 Å². The van der Waals surface area contributed by atoms with E-state index in [4.69, 9.17) is 0 Å². The number of benzene rings is 1. The van der Waals surface area contributed by atoms with Crippen LogP contribution in [0.3, 0.4) is 0 Å². The Kier molecular flexibility index (Phi) is 4.62. The van der Waals surface area contributed by atoms with Crippen molar-refractivity contribution in [3.63, 3.8) is 0 Å². The predicted molar refractivity (Wildman–Crippen MR) is 85.2 cm³/mol. The molecule has 10 heteroatoms. The Morgan fingerprint density at radius 3 is 2.68 bits per heavy atom. The largest absolute Gasteiger partial charge is 0.374 e. The number of nitrogens with zero attached hydrogens (tertiary/aromatic N) is 2. The predicted octanol–water partition coefficient (Wildman–Crippen LogP) is 2.11. The number of aromatic nitrogens is 1. The first kappa shape index (κ1) is 16.2. The maximum absolute atomic E-state index is 11.5. The fraction of sp³-hybridized carbons (Fsp3) is 0.250. The van der Waals surface area contributed by atoms with Crippen LogP contribution in [-0.4, -0.2) is 31.6 Å². The number of hydrogen-bond acceptors (Lipinski definition) is 8. The summed E-state index contributed by atoms with van der Waals surface area (Å²) in [6.45, 7) is 0.303. The molecule has 8 nitrogen and oxygen atoms in total. The minimum Gasteiger partial charge on any atom is -0.374 e. The summed E-state index contributed by atoms with van der Waals surface area (Å²) in [6.07, 6.45) is 1.01. The highest BCUT2D eigenvalue weighted by Gasteiger charge is 2.18. The van der Waals surface area contributed by atoms with Crippen molar-refractivity contribution in [2.45, 2.75) is 11.4 Å². The first-order valence-electron chi connectivity index (χ1n) is 6.16. The summed E-state index contributed by atoms with van der Waals surface area (Å²) in [5.74, 6) is 0. The van der Waals surface area contributed by atoms with Crippen molar-refractivity contribution in [3.05, 3.63) is 39.4 Å². The van der Waals surface area contributed by atoms with Crippen LogP contribution in [0.5, 0.6) is 0 Å². The third-order valence-corrected chi connectivity index (χ3v) is 4.84. The van der Waals surface area contributed by atoms with E-state index >= 15 is 0 Å². The number of nitro groups is 1. The van der Waals surface area contributed by atoms with Crippen molar-refractivity contribution >= 4 is 37.7 Å². The van der Waals surface area contributed by atoms with Crippen LogP contribution < -0.4 is 10.6 Å². The van der Waals surface area contributed by atoms with Crippen LogP contribution in [0.2, 0.25) is 0 Å². The van der Waals surface area contributed by atoms with Crippen LogP contribution in [0.4, 0.5) is 16.5 Å². The lowest BCUT2D eigenvalue weighted by atomic mass is 10.2. The Bertz CT molecular complexity index is 801. The zero-order valence-electron chi connectivity index (χ0n) is 11.9. The number of thiazole rings is 1. The van der Waals surface area contributed by atoms with Gasteiger partial charge in [-0.05, 0) is 12.1 Å². The van der Waals surface area contributed by atoms with Crippen LogP contribution in [0.25, 0.3) is 0 Å². The molecule has 0 saturated carbocycles. The second kappa shape index (κ2) is 6.28. The first-order chi connectivity index (χ1) is 10.3. The van der Waals surface area contributed by atoms with E-state index in [0.717, 1.165) is 23.1 Å². The Morgan fingerprint density at radius 2 is 2.14 bits per heavy atom. The quantitative estimate of drug-likeness (QED) is 0.610. The van der Waals surface area contributed by atoms with Crippen molar-refractivity contribution in [1.82, 2.24) is 4.98 Å². The molecule has 0 aliphatic rings. The molecule has 22 heavy (non-hydrogen) atoms. The van der Waals surface area contributed by atoms with Crippen LogP contribution in [0.15, 0.2) is 28.5 Å². The molecule has 0 atom stereocenters. The number of rotatable bonds is 6. The summed E-state index contributed by atoms with van der Waals surface area (Å²) in [5, 5.41) is 19.5. The van der Waals surface area contributed by atoms with Gasteiger partial charge in [0, 0.05) is 24.7 Å². The molecule has 0 aliphatic heterocycles. The van der Waals surface area contributed by atoms with Gasteiger partial charge in [-0.25, -0.2) is 13.4 Å². The summed E-state index contributed by atoms with van der Waals surface area (Å²) in [6, 6.07) is 3.78. The van der Waals surface area contributed by atoms with Gasteiger partial charge in [0.25, 0.3) is 5.69 Å². The molecule has 1 aromatic carbocycles. The Morgan fingerprint density at radius 1 is 1.41 bits per heavy atom. The van der Waals surface area contributed by atoms with E-state index in [1.165, 1.54) is 23.5 Å². The molecular weight excluding hydrogens is 328 g/mol. The average Bonchev–Trinajstić information content (AvgIpc) is 2.91. The molecule has 2 rings (SSSR count). The minimum atomic E-state index is -3.49. The van der Waals surface area contributed by atoms with E-state index in [1.807, 2.05) is 5.38 Å². The lowest BCUT2D eigenvalue weighted by molar-refractivity contribution is -0.384. The molecule has 0 aliphatic carbocycles. The van der Waals surface area contributed by atoms with Gasteiger partial charge < -0.3 is 10.6 Å². The Labute approximate surface area is 131 Å². The Hall–Kier alpha value is -2.20. The normalized spacial score (nSPS) is 11.2. The van der Waals surface area contributed by atoms with Gasteiger partial charge in [0.05, 0.1) is 22.1 Å². The summed E-state index contributed by atoms with van der Waals surface area (Å²) < 4.78 is 23.0. The van der Waals surface area contributed by atoms with Crippen molar-refractivity contribution in [1.29, 1.82) is 0 Å². The van der Waals surface area contributed by atoms with Crippen molar-refractivity contribution in [2.75, 3.05) is 23.9 Å². The van der Waals surface area contributed by atoms with Gasteiger partial charge in [-0.15, -0.1) is 11.3 Å². The molecule has 1 aromatic heterocycles. The highest BCUT2D eigenvalue weighted by atomic mass is 32.2. The van der Waals surface area contributed by atoms with Gasteiger partial charge in [0.15, 0.2) is 15.0 Å². The fourth-order valence-electron chi connectivity index (χ4n) is 1.73. The minimum absolute atomic E-state index is 0.0872. The lowest BCUT2D eigenvalue weighted by Crippen LogP contribution is -2.05. The van der Waals surface area contributed by atoms with Crippen molar-refractivity contribution < 1.29 is 13.3 Å². The molecule has 0 radical (unpaired) electrons. The number of nitrogens with one attached hydrogen (secondary N) is 2. The zero-order chi connectivity index (χ0) is 16.3. The van der Waals surface area contributed by atoms with Gasteiger partial charge in [-0.3, -0.25) is 10.1 Å². The molecule has 0 bridgehead atoms. The maximum Gasteiger partial charge on any atom is 0.293 e. The fourth-order valence-corrected chi connectivity index (χ4v) is 3.04. The van der Waals surface area contributed by atoms with E-state index in [0.29, 0.717) is 6.54 Å². The van der Waals surface area contributed by atoms with Gasteiger partial charge in [-0.1, -0.05) is 0 Å². The highest BCUT2D eigenvalue weighted by Crippen LogP contribution is 2.28. The van der Waals surface area contributed by atoms with E-state index in [9.17, 15) is 18.5 Å². The average molecular weight is 342 g/mol. The molecule has 0 spiro atoms. The van der Waals surface area contributed by atoms with E-state index in [-0.39, 0.29) is 16.3 Å². The molecular formula is C12H14N4O4S2.